The Bertz CT molecular complexity index is 377. The number of nitrogens with zero attached hydrogens (tertiary/aromatic N) is 1. The second kappa shape index (κ2) is 5.14. The molecule has 0 radical (unpaired) electrons. The van der Waals surface area contributed by atoms with Crippen molar-refractivity contribution in [3.8, 4) is 0 Å². The molecule has 82 valence electrons. The monoisotopic (exact) mass is 247 g/mol. The molecule has 1 heterocycles. The average molecular weight is 248 g/mol. The molecule has 0 atom stereocenters. The van der Waals surface area contributed by atoms with Crippen LogP contribution in [0.1, 0.15) is 16.1 Å². The van der Waals surface area contributed by atoms with E-state index in [4.69, 9.17) is 16.7 Å². The summed E-state index contributed by atoms with van der Waals surface area (Å²) < 4.78 is 0.546. The lowest BCUT2D eigenvalue weighted by Gasteiger charge is -2.14. The second-order valence-electron chi connectivity index (χ2n) is 2.97. The van der Waals surface area contributed by atoms with Crippen LogP contribution in [0.4, 0.5) is 0 Å². The van der Waals surface area contributed by atoms with Gasteiger partial charge in [-0.1, -0.05) is 11.6 Å². The van der Waals surface area contributed by atoms with Gasteiger partial charge >= 0.3 is 5.97 Å². The van der Waals surface area contributed by atoms with E-state index in [9.17, 15) is 9.59 Å². The zero-order valence-electron chi connectivity index (χ0n) is 8.07. The molecule has 1 N–H and O–H groups in total. The van der Waals surface area contributed by atoms with E-state index in [0.29, 0.717) is 9.21 Å². The van der Waals surface area contributed by atoms with Gasteiger partial charge in [-0.2, -0.15) is 0 Å². The van der Waals surface area contributed by atoms with E-state index in [1.54, 1.807) is 19.2 Å². The molecule has 0 aromatic carbocycles. The number of carboxylic acid groups (broad SMARTS) is 1. The summed E-state index contributed by atoms with van der Waals surface area (Å²) in [4.78, 5) is 23.9. The second-order valence-corrected chi connectivity index (χ2v) is 4.69. The van der Waals surface area contributed by atoms with E-state index >= 15 is 0 Å². The highest BCUT2D eigenvalue weighted by Crippen LogP contribution is 2.22. The number of hydrogen-bond donors (Lipinski definition) is 1. The maximum atomic E-state index is 11.7. The first-order valence-electron chi connectivity index (χ1n) is 4.23. The van der Waals surface area contributed by atoms with E-state index in [1.165, 1.54) is 16.2 Å². The topological polar surface area (TPSA) is 57.6 Å². The van der Waals surface area contributed by atoms with Gasteiger partial charge in [-0.25, -0.2) is 0 Å². The summed E-state index contributed by atoms with van der Waals surface area (Å²) in [6, 6.07) is 3.27. The van der Waals surface area contributed by atoms with Crippen molar-refractivity contribution in [2.45, 2.75) is 6.42 Å². The van der Waals surface area contributed by atoms with E-state index in [2.05, 4.69) is 0 Å². The summed E-state index contributed by atoms with van der Waals surface area (Å²) in [6.45, 7) is 0.198. The summed E-state index contributed by atoms with van der Waals surface area (Å²) >= 11 is 6.88. The molecule has 0 saturated carbocycles. The van der Waals surface area contributed by atoms with Crippen LogP contribution < -0.4 is 0 Å². The SMILES string of the molecule is CN(CCC(=O)O)C(=O)c1ccc(Cl)s1. The molecule has 1 rings (SSSR count). The average Bonchev–Trinajstić information content (AvgIpc) is 2.60. The van der Waals surface area contributed by atoms with Crippen LogP contribution in [0.2, 0.25) is 4.34 Å². The molecule has 1 amide bonds. The highest BCUT2D eigenvalue weighted by Gasteiger charge is 2.14. The lowest BCUT2D eigenvalue weighted by molar-refractivity contribution is -0.137. The zero-order chi connectivity index (χ0) is 11.4. The summed E-state index contributed by atoms with van der Waals surface area (Å²) in [5, 5.41) is 8.46. The maximum absolute atomic E-state index is 11.7. The summed E-state index contributed by atoms with van der Waals surface area (Å²) in [6.07, 6.45) is -0.0542. The Morgan fingerprint density at radius 1 is 1.53 bits per heavy atom. The Morgan fingerprint density at radius 2 is 2.20 bits per heavy atom. The van der Waals surface area contributed by atoms with Crippen molar-refractivity contribution in [2.24, 2.45) is 0 Å². The molecule has 1 aromatic rings. The first kappa shape index (κ1) is 12.0. The smallest absolute Gasteiger partial charge is 0.305 e. The fourth-order valence-corrected chi connectivity index (χ4v) is 2.02. The van der Waals surface area contributed by atoms with Gasteiger partial charge in [-0.05, 0) is 12.1 Å². The van der Waals surface area contributed by atoms with Crippen molar-refractivity contribution in [1.82, 2.24) is 4.90 Å². The third-order valence-electron chi connectivity index (χ3n) is 1.79. The zero-order valence-corrected chi connectivity index (χ0v) is 9.64. The molecule has 0 unspecified atom stereocenters. The number of carbonyl (C=O) groups is 2. The predicted molar refractivity (Wildman–Crippen MR) is 58.5 cm³/mol. The summed E-state index contributed by atoms with van der Waals surface area (Å²) in [7, 11) is 1.57. The van der Waals surface area contributed by atoms with Gasteiger partial charge in [-0.15, -0.1) is 11.3 Å². The molecule has 0 aliphatic heterocycles. The third-order valence-corrected chi connectivity index (χ3v) is 3.01. The standard InChI is InChI=1S/C9H10ClNO3S/c1-11(5-4-8(12)13)9(14)6-2-3-7(10)15-6/h2-3H,4-5H2,1H3,(H,12,13). The molecule has 0 saturated heterocycles. The molecule has 1 aromatic heterocycles. The molecule has 15 heavy (non-hydrogen) atoms. The maximum Gasteiger partial charge on any atom is 0.305 e. The van der Waals surface area contributed by atoms with Gasteiger partial charge in [0.2, 0.25) is 0 Å². The van der Waals surface area contributed by atoms with Gasteiger partial charge in [0.05, 0.1) is 15.6 Å². The number of hydrogen-bond acceptors (Lipinski definition) is 3. The lowest BCUT2D eigenvalue weighted by Crippen LogP contribution is -2.28. The molecule has 0 spiro atoms. The molecule has 0 aliphatic rings. The first-order valence-corrected chi connectivity index (χ1v) is 5.42. The van der Waals surface area contributed by atoms with Crippen molar-refractivity contribution in [3.05, 3.63) is 21.3 Å². The van der Waals surface area contributed by atoms with Crippen LogP contribution in [0.5, 0.6) is 0 Å². The minimum absolute atomic E-state index is 0.0542. The van der Waals surface area contributed by atoms with Crippen LogP contribution in [0.25, 0.3) is 0 Å². The molecule has 0 bridgehead atoms. The lowest BCUT2D eigenvalue weighted by atomic mass is 10.3. The predicted octanol–water partition coefficient (Wildman–Crippen LogP) is 1.95. The molecule has 0 aliphatic carbocycles. The Kier molecular flexibility index (Phi) is 4.11. The molecule has 6 heteroatoms. The number of rotatable bonds is 4. The fraction of sp³-hybridized carbons (Fsp3) is 0.333. The van der Waals surface area contributed by atoms with Gasteiger partial charge in [0, 0.05) is 13.6 Å². The van der Waals surface area contributed by atoms with Crippen LogP contribution in [0.3, 0.4) is 0 Å². The van der Waals surface area contributed by atoms with Crippen molar-refractivity contribution in [3.63, 3.8) is 0 Å². The van der Waals surface area contributed by atoms with E-state index in [-0.39, 0.29) is 18.9 Å². The normalized spacial score (nSPS) is 10.0. The molecular weight excluding hydrogens is 238 g/mol. The van der Waals surface area contributed by atoms with Crippen molar-refractivity contribution >= 4 is 34.8 Å². The first-order chi connectivity index (χ1) is 7.00. The van der Waals surface area contributed by atoms with Crippen molar-refractivity contribution in [1.29, 1.82) is 0 Å². The van der Waals surface area contributed by atoms with Gasteiger partial charge < -0.3 is 10.0 Å². The van der Waals surface area contributed by atoms with Crippen LogP contribution in [-0.4, -0.2) is 35.5 Å². The summed E-state index contributed by atoms with van der Waals surface area (Å²) in [5.74, 6) is -1.12. The van der Waals surface area contributed by atoms with Crippen LogP contribution in [-0.2, 0) is 4.79 Å². The number of carboxylic acids is 1. The Balaban J connectivity index is 2.57. The van der Waals surface area contributed by atoms with E-state index in [1.807, 2.05) is 0 Å². The highest BCUT2D eigenvalue weighted by molar-refractivity contribution is 7.17. The van der Waals surface area contributed by atoms with Gasteiger partial charge in [0.25, 0.3) is 5.91 Å². The largest absolute Gasteiger partial charge is 0.481 e. The fourth-order valence-electron chi connectivity index (χ4n) is 0.982. The van der Waals surface area contributed by atoms with Crippen LogP contribution in [0, 0.1) is 0 Å². The van der Waals surface area contributed by atoms with E-state index < -0.39 is 5.97 Å². The van der Waals surface area contributed by atoms with Crippen LogP contribution >= 0.6 is 22.9 Å². The number of amides is 1. The number of aliphatic carboxylic acids is 1. The quantitative estimate of drug-likeness (QED) is 0.885. The van der Waals surface area contributed by atoms with Gasteiger partial charge in [-0.3, -0.25) is 9.59 Å². The third kappa shape index (κ3) is 3.53. The van der Waals surface area contributed by atoms with E-state index in [0.717, 1.165) is 0 Å². The molecule has 4 nitrogen and oxygen atoms in total. The van der Waals surface area contributed by atoms with Crippen LogP contribution in [0.15, 0.2) is 12.1 Å². The minimum atomic E-state index is -0.918. The Morgan fingerprint density at radius 3 is 2.67 bits per heavy atom. The Labute approximate surface area is 96.1 Å². The number of halogens is 1. The van der Waals surface area contributed by atoms with Crippen molar-refractivity contribution < 1.29 is 14.7 Å². The minimum Gasteiger partial charge on any atom is -0.481 e. The highest BCUT2D eigenvalue weighted by atomic mass is 35.5. The number of carbonyl (C=O) groups excluding carboxylic acids is 1. The van der Waals surface area contributed by atoms with Gasteiger partial charge in [0.15, 0.2) is 0 Å². The van der Waals surface area contributed by atoms with Crippen molar-refractivity contribution in [2.75, 3.05) is 13.6 Å². The molecular formula is C9H10ClNO3S. The number of thiophene rings is 1. The molecule has 0 fully saturated rings. The van der Waals surface area contributed by atoms with Gasteiger partial charge in [0.1, 0.15) is 0 Å². The summed E-state index contributed by atoms with van der Waals surface area (Å²) in [5.41, 5.74) is 0. The Hall–Kier alpha value is -1.07.